The summed E-state index contributed by atoms with van der Waals surface area (Å²) in [7, 11) is 0. The highest BCUT2D eigenvalue weighted by molar-refractivity contribution is 6.31. The third kappa shape index (κ3) is 4.17. The number of carbonyl (C=O) groups is 1. The molecule has 1 amide bonds. The van der Waals surface area contributed by atoms with E-state index in [1.807, 2.05) is 0 Å². The van der Waals surface area contributed by atoms with Crippen molar-refractivity contribution >= 4 is 17.5 Å². The van der Waals surface area contributed by atoms with Crippen LogP contribution in [-0.2, 0) is 13.1 Å². The minimum Gasteiger partial charge on any atom is -0.348 e. The maximum atomic E-state index is 13.7. The number of H-pyrrole nitrogens is 1. The van der Waals surface area contributed by atoms with Crippen LogP contribution in [0.5, 0.6) is 0 Å². The predicted octanol–water partition coefficient (Wildman–Crippen LogP) is 2.45. The van der Waals surface area contributed by atoms with Crippen LogP contribution in [0.15, 0.2) is 58.3 Å². The van der Waals surface area contributed by atoms with Gasteiger partial charge < -0.3 is 10.3 Å². The average Bonchev–Trinajstić information content (AvgIpc) is 2.65. The van der Waals surface area contributed by atoms with E-state index in [9.17, 15) is 23.2 Å². The molecule has 0 bridgehead atoms. The number of aromatic nitrogens is 2. The molecule has 0 spiro atoms. The maximum Gasteiger partial charge on any atom is 0.328 e. The van der Waals surface area contributed by atoms with Gasteiger partial charge in [-0.3, -0.25) is 14.2 Å². The average molecular weight is 406 g/mol. The molecule has 6 nitrogen and oxygen atoms in total. The van der Waals surface area contributed by atoms with E-state index in [2.05, 4.69) is 10.3 Å². The van der Waals surface area contributed by atoms with Crippen LogP contribution in [0, 0.1) is 11.6 Å². The lowest BCUT2D eigenvalue weighted by Crippen LogP contribution is -2.40. The molecule has 0 aliphatic rings. The van der Waals surface area contributed by atoms with Gasteiger partial charge in [-0.15, -0.1) is 0 Å². The number of hydrogen-bond donors (Lipinski definition) is 2. The zero-order chi connectivity index (χ0) is 20.3. The van der Waals surface area contributed by atoms with Gasteiger partial charge in [0.25, 0.3) is 11.5 Å². The third-order valence-corrected chi connectivity index (χ3v) is 4.41. The quantitative estimate of drug-likeness (QED) is 0.684. The van der Waals surface area contributed by atoms with Crippen molar-refractivity contribution in [1.29, 1.82) is 0 Å². The van der Waals surface area contributed by atoms with Crippen molar-refractivity contribution < 1.29 is 13.6 Å². The van der Waals surface area contributed by atoms with Gasteiger partial charge in [0.15, 0.2) is 0 Å². The van der Waals surface area contributed by atoms with Gasteiger partial charge >= 0.3 is 5.69 Å². The number of rotatable bonds is 5. The molecule has 0 fully saturated rings. The number of nitrogens with one attached hydrogen (secondary N) is 2. The Balaban J connectivity index is 1.84. The highest BCUT2D eigenvalue weighted by atomic mass is 35.5. The molecule has 0 atom stereocenters. The second-order valence-corrected chi connectivity index (χ2v) is 6.32. The summed E-state index contributed by atoms with van der Waals surface area (Å²) in [6.45, 7) is -0.379. The van der Waals surface area contributed by atoms with E-state index in [1.54, 1.807) is 24.3 Å². The fourth-order valence-electron chi connectivity index (χ4n) is 2.55. The van der Waals surface area contributed by atoms with Crippen molar-refractivity contribution in [2.24, 2.45) is 0 Å². The summed E-state index contributed by atoms with van der Waals surface area (Å²) < 4.78 is 27.4. The molecular weight excluding hydrogens is 392 g/mol. The van der Waals surface area contributed by atoms with Crippen LogP contribution in [0.4, 0.5) is 8.78 Å². The van der Waals surface area contributed by atoms with E-state index in [0.29, 0.717) is 16.7 Å². The topological polar surface area (TPSA) is 84.0 Å². The summed E-state index contributed by atoms with van der Waals surface area (Å²) in [5.74, 6) is -2.37. The third-order valence-electron chi connectivity index (χ3n) is 4.05. The molecule has 0 unspecified atom stereocenters. The van der Waals surface area contributed by atoms with E-state index in [1.165, 1.54) is 6.07 Å². The Morgan fingerprint density at radius 2 is 1.86 bits per heavy atom. The molecule has 0 aliphatic carbocycles. The fourth-order valence-corrected chi connectivity index (χ4v) is 2.75. The van der Waals surface area contributed by atoms with Gasteiger partial charge in [-0.05, 0) is 17.7 Å². The minimum absolute atomic E-state index is 0.0515. The van der Waals surface area contributed by atoms with Gasteiger partial charge in [0.1, 0.15) is 17.2 Å². The Bertz CT molecular complexity index is 1160. The SMILES string of the molecule is O=C(NCc1ccc(F)cc1F)c1c[nH]c(=O)n(Cc2ccccc2Cl)c1=O. The summed E-state index contributed by atoms with van der Waals surface area (Å²) in [6, 6.07) is 9.61. The Morgan fingerprint density at radius 3 is 2.57 bits per heavy atom. The van der Waals surface area contributed by atoms with Crippen molar-refractivity contribution in [2.45, 2.75) is 13.1 Å². The molecule has 0 aliphatic heterocycles. The van der Waals surface area contributed by atoms with Crippen molar-refractivity contribution in [1.82, 2.24) is 14.9 Å². The molecular formula is C19H14ClF2N3O3. The van der Waals surface area contributed by atoms with Crippen LogP contribution in [0.25, 0.3) is 0 Å². The number of benzene rings is 2. The molecule has 3 aromatic rings. The highest BCUT2D eigenvalue weighted by Crippen LogP contribution is 2.15. The second kappa shape index (κ2) is 8.18. The van der Waals surface area contributed by atoms with Crippen LogP contribution >= 0.6 is 11.6 Å². The molecule has 9 heteroatoms. The van der Waals surface area contributed by atoms with Crippen LogP contribution in [-0.4, -0.2) is 15.5 Å². The van der Waals surface area contributed by atoms with Crippen molar-refractivity contribution in [3.05, 3.63) is 103 Å². The monoisotopic (exact) mass is 405 g/mol. The summed E-state index contributed by atoms with van der Waals surface area (Å²) >= 11 is 6.06. The Morgan fingerprint density at radius 1 is 1.11 bits per heavy atom. The first-order valence-corrected chi connectivity index (χ1v) is 8.52. The zero-order valence-corrected chi connectivity index (χ0v) is 15.1. The Kier molecular flexibility index (Phi) is 5.70. The molecule has 0 radical (unpaired) electrons. The molecule has 144 valence electrons. The first-order chi connectivity index (χ1) is 13.4. The van der Waals surface area contributed by atoms with Crippen molar-refractivity contribution in [3.63, 3.8) is 0 Å². The van der Waals surface area contributed by atoms with Gasteiger partial charge in [-0.1, -0.05) is 35.9 Å². The lowest BCUT2D eigenvalue weighted by atomic mass is 10.2. The number of nitrogens with zero attached hydrogens (tertiary/aromatic N) is 1. The molecule has 3 rings (SSSR count). The fraction of sp³-hybridized carbons (Fsp3) is 0.105. The molecule has 0 saturated heterocycles. The van der Waals surface area contributed by atoms with E-state index in [0.717, 1.165) is 16.8 Å². The largest absolute Gasteiger partial charge is 0.348 e. The Hall–Kier alpha value is -3.26. The first-order valence-electron chi connectivity index (χ1n) is 8.15. The van der Waals surface area contributed by atoms with Gasteiger partial charge in [0.2, 0.25) is 0 Å². The zero-order valence-electron chi connectivity index (χ0n) is 14.3. The van der Waals surface area contributed by atoms with Gasteiger partial charge in [0.05, 0.1) is 6.54 Å². The number of amides is 1. The van der Waals surface area contributed by atoms with Crippen LogP contribution in [0.3, 0.4) is 0 Å². The highest BCUT2D eigenvalue weighted by Gasteiger charge is 2.16. The number of halogens is 3. The van der Waals surface area contributed by atoms with E-state index >= 15 is 0 Å². The number of aromatic amines is 1. The molecule has 2 N–H and O–H groups in total. The first kappa shape index (κ1) is 19.5. The summed E-state index contributed by atoms with van der Waals surface area (Å²) in [6.07, 6.45) is 0.990. The van der Waals surface area contributed by atoms with Crippen LogP contribution in [0.1, 0.15) is 21.5 Å². The molecule has 1 heterocycles. The van der Waals surface area contributed by atoms with E-state index in [-0.39, 0.29) is 24.2 Å². The summed E-state index contributed by atoms with van der Waals surface area (Å²) in [4.78, 5) is 39.3. The number of hydrogen-bond acceptors (Lipinski definition) is 3. The molecule has 2 aromatic carbocycles. The van der Waals surface area contributed by atoms with E-state index < -0.39 is 28.8 Å². The van der Waals surface area contributed by atoms with Crippen molar-refractivity contribution in [3.8, 4) is 0 Å². The van der Waals surface area contributed by atoms with Gasteiger partial charge in [-0.25, -0.2) is 13.6 Å². The molecule has 28 heavy (non-hydrogen) atoms. The molecule has 1 aromatic heterocycles. The maximum absolute atomic E-state index is 13.7. The van der Waals surface area contributed by atoms with Crippen LogP contribution in [0.2, 0.25) is 5.02 Å². The normalized spacial score (nSPS) is 10.7. The smallest absolute Gasteiger partial charge is 0.328 e. The van der Waals surface area contributed by atoms with Gasteiger partial charge in [0, 0.05) is 29.4 Å². The Labute approximate surface area is 162 Å². The lowest BCUT2D eigenvalue weighted by molar-refractivity contribution is 0.0948. The van der Waals surface area contributed by atoms with E-state index in [4.69, 9.17) is 11.6 Å². The van der Waals surface area contributed by atoms with Crippen molar-refractivity contribution in [2.75, 3.05) is 0 Å². The van der Waals surface area contributed by atoms with Crippen LogP contribution < -0.4 is 16.6 Å². The summed E-state index contributed by atoms with van der Waals surface area (Å²) in [5.41, 5.74) is -1.26. The molecule has 0 saturated carbocycles. The standard InChI is InChI=1S/C19H14ClF2N3O3/c20-15-4-2-1-3-12(15)10-25-18(27)14(9-24-19(25)28)17(26)23-8-11-5-6-13(21)7-16(11)22/h1-7,9H,8,10H2,(H,23,26)(H,24,28). The lowest BCUT2D eigenvalue weighted by Gasteiger charge is -2.09. The second-order valence-electron chi connectivity index (χ2n) is 5.91. The number of carbonyl (C=O) groups excluding carboxylic acids is 1. The van der Waals surface area contributed by atoms with Gasteiger partial charge in [-0.2, -0.15) is 0 Å². The summed E-state index contributed by atoms with van der Waals surface area (Å²) in [5, 5.41) is 2.75. The predicted molar refractivity (Wildman–Crippen MR) is 99.4 cm³/mol. The minimum atomic E-state index is -0.821.